The van der Waals surface area contributed by atoms with Crippen LogP contribution in [0.2, 0.25) is 0 Å². The van der Waals surface area contributed by atoms with Gasteiger partial charge in [0.1, 0.15) is 0 Å². The van der Waals surface area contributed by atoms with Crippen molar-refractivity contribution < 1.29 is 33.8 Å². The van der Waals surface area contributed by atoms with E-state index < -0.39 is 22.6 Å². The number of carboxylic acid groups (broad SMARTS) is 1. The van der Waals surface area contributed by atoms with Crippen molar-refractivity contribution in [3.8, 4) is 0 Å². The van der Waals surface area contributed by atoms with Gasteiger partial charge in [-0.05, 0) is 87.0 Å². The molecule has 4 N–H and O–H groups in total. The van der Waals surface area contributed by atoms with E-state index in [4.69, 9.17) is 14.6 Å². The second-order valence-corrected chi connectivity index (χ2v) is 14.5. The average molecular weight is 600 g/mol. The van der Waals surface area contributed by atoms with Gasteiger partial charge in [-0.25, -0.2) is 0 Å². The first-order valence-corrected chi connectivity index (χ1v) is 15.5. The topological polar surface area (TPSA) is 143 Å². The van der Waals surface area contributed by atoms with Crippen LogP contribution in [0.4, 0.5) is 0 Å². The molecule has 246 valence electrons. The highest BCUT2D eigenvalue weighted by atomic mass is 16.5. The molecule has 0 saturated carbocycles. The van der Waals surface area contributed by atoms with Gasteiger partial charge < -0.3 is 30.5 Å². The quantitative estimate of drug-likeness (QED) is 0.130. The zero-order valence-corrected chi connectivity index (χ0v) is 28.2. The summed E-state index contributed by atoms with van der Waals surface area (Å²) in [6.45, 7) is 21.7. The second-order valence-electron chi connectivity index (χ2n) is 14.5. The Labute approximate surface area is 254 Å². The maximum Gasteiger partial charge on any atom is 0.303 e. The number of unbranched alkanes of at least 4 members (excludes halogenated alkanes) is 1. The molecular weight excluding hydrogens is 538 g/mol. The zero-order valence-electron chi connectivity index (χ0n) is 28.2. The molecule has 0 aromatic heterocycles. The zero-order chi connectivity index (χ0) is 32.6. The summed E-state index contributed by atoms with van der Waals surface area (Å²) in [5.74, 6) is -0.872. The molecule has 0 rings (SSSR count). The molecule has 0 aromatic rings. The molecule has 0 spiro atoms. The van der Waals surface area contributed by atoms with E-state index in [1.165, 1.54) is 0 Å². The van der Waals surface area contributed by atoms with Gasteiger partial charge in [0.15, 0.2) is 5.78 Å². The first kappa shape index (κ1) is 40.0. The van der Waals surface area contributed by atoms with Gasteiger partial charge in [-0.3, -0.25) is 19.2 Å². The summed E-state index contributed by atoms with van der Waals surface area (Å²) in [6.07, 6.45) is 4.51. The van der Waals surface area contributed by atoms with Crippen molar-refractivity contribution in [3.63, 3.8) is 0 Å². The third-order valence-electron chi connectivity index (χ3n) is 6.77. The third-order valence-corrected chi connectivity index (χ3v) is 6.77. The number of nitrogens with one attached hydrogen (secondary N) is 3. The fraction of sp³-hybridized carbons (Fsp3) is 0.875. The first-order valence-electron chi connectivity index (χ1n) is 15.5. The van der Waals surface area contributed by atoms with Crippen LogP contribution in [0.25, 0.3) is 0 Å². The van der Waals surface area contributed by atoms with Crippen LogP contribution in [0, 0.1) is 5.41 Å². The third kappa shape index (κ3) is 21.6. The van der Waals surface area contributed by atoms with E-state index in [9.17, 15) is 19.2 Å². The molecule has 0 aliphatic rings. The molecule has 0 aliphatic carbocycles. The van der Waals surface area contributed by atoms with Crippen LogP contribution in [0.1, 0.15) is 127 Å². The highest BCUT2D eigenvalue weighted by Gasteiger charge is 2.31. The maximum absolute atomic E-state index is 12.9. The molecular formula is C32H61N3O7. The van der Waals surface area contributed by atoms with Crippen molar-refractivity contribution in [3.05, 3.63) is 0 Å². The SMILES string of the molecule is CC(C)(C)N[C@@H](CCCCNC(=O)CCC(C)(C)OCCC(C)(C)OCCNC(=O)CCCC(=O)O)C(=O)C(C)(C)C. The molecule has 0 unspecified atom stereocenters. The second kappa shape index (κ2) is 18.6. The number of Topliss-reactive ketones (excluding diaryl/α,β-unsaturated/α-hetero) is 1. The number of ketones is 1. The van der Waals surface area contributed by atoms with Gasteiger partial charge in [0.25, 0.3) is 0 Å². The van der Waals surface area contributed by atoms with E-state index >= 15 is 0 Å². The number of aliphatic carboxylic acids is 1. The van der Waals surface area contributed by atoms with E-state index in [0.717, 1.165) is 19.3 Å². The Hall–Kier alpha value is -2.04. The minimum Gasteiger partial charge on any atom is -0.481 e. The van der Waals surface area contributed by atoms with Gasteiger partial charge in [0.05, 0.1) is 30.5 Å². The highest BCUT2D eigenvalue weighted by Crippen LogP contribution is 2.22. The minimum absolute atomic E-state index is 0.00419. The Morgan fingerprint density at radius 3 is 1.79 bits per heavy atom. The van der Waals surface area contributed by atoms with E-state index in [-0.39, 0.29) is 42.0 Å². The van der Waals surface area contributed by atoms with Crippen molar-refractivity contribution >= 4 is 23.6 Å². The summed E-state index contributed by atoms with van der Waals surface area (Å²) in [5.41, 5.74) is -1.46. The van der Waals surface area contributed by atoms with Crippen LogP contribution in [0.15, 0.2) is 0 Å². The van der Waals surface area contributed by atoms with E-state index in [1.54, 1.807) is 0 Å². The molecule has 0 fully saturated rings. The number of hydrogen-bond acceptors (Lipinski definition) is 7. The lowest BCUT2D eigenvalue weighted by molar-refractivity contribution is -0.137. The van der Waals surface area contributed by atoms with Crippen LogP contribution in [-0.4, -0.2) is 77.8 Å². The molecule has 0 aromatic carbocycles. The Morgan fingerprint density at radius 2 is 1.21 bits per heavy atom. The van der Waals surface area contributed by atoms with Crippen molar-refractivity contribution in [1.82, 2.24) is 16.0 Å². The Bertz CT molecular complexity index is 842. The standard InChI is InChI=1S/C32H61N3O7/c1-29(2,3)28(40)24(35-30(4,5)6)14-11-12-20-33-26(37)17-18-31(7,8)41-22-19-32(9,10)42-23-21-34-25(36)15-13-16-27(38)39/h24,35H,11-23H2,1-10H3,(H,33,37)(H,34,36)(H,38,39)/t24-/m0/s1. The lowest BCUT2D eigenvalue weighted by atomic mass is 9.84. The fourth-order valence-corrected chi connectivity index (χ4v) is 4.24. The lowest BCUT2D eigenvalue weighted by Gasteiger charge is -2.32. The fourth-order valence-electron chi connectivity index (χ4n) is 4.24. The summed E-state index contributed by atoms with van der Waals surface area (Å²) < 4.78 is 12.0. The maximum atomic E-state index is 12.9. The van der Waals surface area contributed by atoms with Gasteiger partial charge in [0, 0.05) is 43.3 Å². The predicted octanol–water partition coefficient (Wildman–Crippen LogP) is 4.78. The summed E-state index contributed by atoms with van der Waals surface area (Å²) in [5, 5.41) is 17.8. The molecule has 42 heavy (non-hydrogen) atoms. The monoisotopic (exact) mass is 599 g/mol. The molecule has 0 aliphatic heterocycles. The lowest BCUT2D eigenvalue weighted by Crippen LogP contribution is -2.50. The van der Waals surface area contributed by atoms with Gasteiger partial charge in [-0.1, -0.05) is 20.8 Å². The number of carbonyl (C=O) groups is 4. The minimum atomic E-state index is -0.905. The number of carbonyl (C=O) groups excluding carboxylic acids is 3. The van der Waals surface area contributed by atoms with Crippen molar-refractivity contribution in [1.29, 1.82) is 0 Å². The molecule has 0 bridgehead atoms. The summed E-state index contributed by atoms with van der Waals surface area (Å²) in [7, 11) is 0. The number of hydrogen-bond donors (Lipinski definition) is 4. The van der Waals surface area contributed by atoms with E-state index in [1.807, 2.05) is 48.5 Å². The molecule has 0 heterocycles. The Morgan fingerprint density at radius 1 is 0.667 bits per heavy atom. The number of ether oxygens (including phenoxy) is 2. The van der Waals surface area contributed by atoms with E-state index in [0.29, 0.717) is 52.0 Å². The Kier molecular flexibility index (Phi) is 17.7. The van der Waals surface area contributed by atoms with Crippen LogP contribution >= 0.6 is 0 Å². The summed E-state index contributed by atoms with van der Waals surface area (Å²) in [4.78, 5) is 47.5. The Balaban J connectivity index is 4.23. The molecule has 0 saturated heterocycles. The van der Waals surface area contributed by atoms with Gasteiger partial charge >= 0.3 is 5.97 Å². The van der Waals surface area contributed by atoms with Crippen LogP contribution in [0.3, 0.4) is 0 Å². The summed E-state index contributed by atoms with van der Waals surface area (Å²) >= 11 is 0. The van der Waals surface area contributed by atoms with Gasteiger partial charge in [-0.15, -0.1) is 0 Å². The number of rotatable bonds is 22. The highest BCUT2D eigenvalue weighted by molar-refractivity contribution is 5.88. The molecule has 10 heteroatoms. The van der Waals surface area contributed by atoms with Crippen LogP contribution in [-0.2, 0) is 28.7 Å². The van der Waals surface area contributed by atoms with Crippen molar-refractivity contribution in [2.24, 2.45) is 5.41 Å². The first-order chi connectivity index (χ1) is 19.1. The van der Waals surface area contributed by atoms with Crippen molar-refractivity contribution in [2.75, 3.05) is 26.3 Å². The molecule has 0 radical (unpaired) electrons. The van der Waals surface area contributed by atoms with Crippen LogP contribution in [0.5, 0.6) is 0 Å². The number of amides is 2. The predicted molar refractivity (Wildman–Crippen MR) is 166 cm³/mol. The van der Waals surface area contributed by atoms with Gasteiger partial charge in [-0.2, -0.15) is 0 Å². The molecule has 2 amide bonds. The van der Waals surface area contributed by atoms with E-state index in [2.05, 4.69) is 36.7 Å². The number of carboxylic acids is 1. The average Bonchev–Trinajstić information content (AvgIpc) is 2.82. The molecule has 1 atom stereocenters. The smallest absolute Gasteiger partial charge is 0.303 e. The molecule has 10 nitrogen and oxygen atoms in total. The van der Waals surface area contributed by atoms with Gasteiger partial charge in [0.2, 0.25) is 11.8 Å². The van der Waals surface area contributed by atoms with Crippen molar-refractivity contribution in [2.45, 2.75) is 150 Å². The van der Waals surface area contributed by atoms with Crippen LogP contribution < -0.4 is 16.0 Å². The summed E-state index contributed by atoms with van der Waals surface area (Å²) in [6, 6.07) is -0.197. The normalized spacial score (nSPS) is 13.5. The largest absolute Gasteiger partial charge is 0.481 e.